The van der Waals surface area contributed by atoms with E-state index in [2.05, 4.69) is 16.4 Å². The van der Waals surface area contributed by atoms with Gasteiger partial charge in [-0.15, -0.1) is 0 Å². The van der Waals surface area contributed by atoms with Crippen LogP contribution in [0.15, 0.2) is 60.7 Å². The standard InChI is InChI=1S/C30H27F3N6O2/c1-18-14-23(19(2)35-24-9-4-3-8-22(24)29(40)41)27-25(15-18)36-26(17-34)28(37-27)39-12-10-38(11-13-39)21-7-5-6-20(16-21)30(31,32)33/h3-9,14-16,19,35H,10-13H2,1-2H3,(H,40,41)/t19-/m1/s1. The number of nitrogens with zero attached hydrogens (tertiary/aromatic N) is 5. The summed E-state index contributed by atoms with van der Waals surface area (Å²) in [6.45, 7) is 5.57. The number of halogens is 3. The van der Waals surface area contributed by atoms with E-state index in [0.717, 1.165) is 23.3 Å². The molecule has 0 amide bonds. The van der Waals surface area contributed by atoms with Crippen LogP contribution in [0.25, 0.3) is 11.0 Å². The van der Waals surface area contributed by atoms with Crippen LogP contribution < -0.4 is 15.1 Å². The van der Waals surface area contributed by atoms with Crippen molar-refractivity contribution in [2.75, 3.05) is 41.3 Å². The van der Waals surface area contributed by atoms with Gasteiger partial charge in [-0.3, -0.25) is 0 Å². The summed E-state index contributed by atoms with van der Waals surface area (Å²) in [5, 5.41) is 22.8. The number of rotatable bonds is 6. The lowest BCUT2D eigenvalue weighted by Crippen LogP contribution is -2.47. The summed E-state index contributed by atoms with van der Waals surface area (Å²) in [6, 6.07) is 17.5. The average Bonchev–Trinajstić information content (AvgIpc) is 2.96. The number of para-hydroxylation sites is 1. The number of carbonyl (C=O) groups is 1. The molecule has 11 heteroatoms. The molecule has 1 aliphatic heterocycles. The number of benzene rings is 3. The fraction of sp³-hybridized carbons (Fsp3) is 0.267. The van der Waals surface area contributed by atoms with Crippen molar-refractivity contribution in [3.05, 3.63) is 88.6 Å². The molecule has 0 unspecified atom stereocenters. The van der Waals surface area contributed by atoms with Crippen LogP contribution in [0.3, 0.4) is 0 Å². The zero-order chi connectivity index (χ0) is 29.3. The summed E-state index contributed by atoms with van der Waals surface area (Å²) in [4.78, 5) is 25.0. The molecule has 3 aromatic carbocycles. The molecule has 2 heterocycles. The van der Waals surface area contributed by atoms with Crippen LogP contribution in [0.1, 0.15) is 45.7 Å². The van der Waals surface area contributed by atoms with Crippen molar-refractivity contribution in [1.29, 1.82) is 5.26 Å². The van der Waals surface area contributed by atoms with E-state index in [1.807, 2.05) is 35.8 Å². The lowest BCUT2D eigenvalue weighted by atomic mass is 10.0. The Morgan fingerprint density at radius 3 is 2.41 bits per heavy atom. The fourth-order valence-corrected chi connectivity index (χ4v) is 5.11. The van der Waals surface area contributed by atoms with Crippen LogP contribution in [-0.4, -0.2) is 47.2 Å². The van der Waals surface area contributed by atoms with Gasteiger partial charge in [-0.05, 0) is 55.8 Å². The van der Waals surface area contributed by atoms with Gasteiger partial charge in [0.1, 0.15) is 6.07 Å². The number of hydrogen-bond acceptors (Lipinski definition) is 7. The minimum atomic E-state index is -4.42. The smallest absolute Gasteiger partial charge is 0.416 e. The zero-order valence-electron chi connectivity index (χ0n) is 22.4. The van der Waals surface area contributed by atoms with Crippen LogP contribution in [0.5, 0.6) is 0 Å². The Morgan fingerprint density at radius 2 is 1.73 bits per heavy atom. The quantitative estimate of drug-likeness (QED) is 0.295. The van der Waals surface area contributed by atoms with Gasteiger partial charge in [0, 0.05) is 43.1 Å². The second-order valence-corrected chi connectivity index (χ2v) is 9.97. The number of aromatic nitrogens is 2. The third-order valence-corrected chi connectivity index (χ3v) is 7.15. The first-order valence-corrected chi connectivity index (χ1v) is 13.0. The topological polar surface area (TPSA) is 105 Å². The van der Waals surface area contributed by atoms with Gasteiger partial charge in [-0.25, -0.2) is 14.8 Å². The molecule has 1 aromatic heterocycles. The molecule has 41 heavy (non-hydrogen) atoms. The highest BCUT2D eigenvalue weighted by molar-refractivity contribution is 5.94. The van der Waals surface area contributed by atoms with Gasteiger partial charge in [0.25, 0.3) is 0 Å². The second-order valence-electron chi connectivity index (χ2n) is 9.97. The van der Waals surface area contributed by atoms with E-state index >= 15 is 0 Å². The van der Waals surface area contributed by atoms with Crippen LogP contribution in [0.2, 0.25) is 0 Å². The molecule has 1 atom stereocenters. The van der Waals surface area contributed by atoms with E-state index in [1.165, 1.54) is 12.1 Å². The van der Waals surface area contributed by atoms with E-state index in [0.29, 0.717) is 54.4 Å². The molecule has 0 spiro atoms. The number of alkyl halides is 3. The summed E-state index contributed by atoms with van der Waals surface area (Å²) in [7, 11) is 0. The summed E-state index contributed by atoms with van der Waals surface area (Å²) < 4.78 is 39.7. The highest BCUT2D eigenvalue weighted by Crippen LogP contribution is 2.33. The van der Waals surface area contributed by atoms with Crippen molar-refractivity contribution in [3.8, 4) is 6.07 Å². The van der Waals surface area contributed by atoms with Gasteiger partial charge in [0.05, 0.1) is 28.2 Å². The summed E-state index contributed by atoms with van der Waals surface area (Å²) in [5.74, 6) is -0.633. The molecule has 1 saturated heterocycles. The maximum Gasteiger partial charge on any atom is 0.416 e. The number of nitrogens with one attached hydrogen (secondary N) is 1. The Hall–Kier alpha value is -4.85. The van der Waals surface area contributed by atoms with Gasteiger partial charge in [-0.1, -0.05) is 24.3 Å². The predicted molar refractivity (Wildman–Crippen MR) is 150 cm³/mol. The Bertz CT molecular complexity index is 1660. The number of anilines is 3. The normalized spacial score (nSPS) is 14.5. The van der Waals surface area contributed by atoms with Gasteiger partial charge in [0.2, 0.25) is 0 Å². The van der Waals surface area contributed by atoms with Gasteiger partial charge in [-0.2, -0.15) is 18.4 Å². The molecular weight excluding hydrogens is 533 g/mol. The first-order chi connectivity index (χ1) is 19.5. The number of aryl methyl sites for hydroxylation is 1. The maximum atomic E-state index is 13.2. The molecule has 4 aromatic rings. The highest BCUT2D eigenvalue weighted by atomic mass is 19.4. The first kappa shape index (κ1) is 27.7. The molecule has 0 radical (unpaired) electrons. The molecule has 210 valence electrons. The minimum absolute atomic E-state index is 0.147. The van der Waals surface area contributed by atoms with E-state index in [4.69, 9.17) is 4.98 Å². The van der Waals surface area contributed by atoms with Gasteiger partial charge in [0.15, 0.2) is 11.5 Å². The third-order valence-electron chi connectivity index (χ3n) is 7.15. The Kier molecular flexibility index (Phi) is 7.41. The van der Waals surface area contributed by atoms with Crippen LogP contribution >= 0.6 is 0 Å². The average molecular weight is 561 g/mol. The Labute approximate surface area is 234 Å². The molecule has 0 aliphatic carbocycles. The van der Waals surface area contributed by atoms with Crippen LogP contribution in [0.4, 0.5) is 30.4 Å². The molecule has 0 saturated carbocycles. The second kappa shape index (κ2) is 11.0. The zero-order valence-corrected chi connectivity index (χ0v) is 22.4. The summed E-state index contributed by atoms with van der Waals surface area (Å²) in [5.41, 5.74) is 3.40. The van der Waals surface area contributed by atoms with E-state index < -0.39 is 17.7 Å². The number of nitriles is 1. The number of carboxylic acid groups (broad SMARTS) is 1. The van der Waals surface area contributed by atoms with Gasteiger partial charge < -0.3 is 20.2 Å². The largest absolute Gasteiger partial charge is 0.478 e. The third kappa shape index (κ3) is 5.72. The van der Waals surface area contributed by atoms with Gasteiger partial charge >= 0.3 is 12.1 Å². The number of carboxylic acids is 1. The highest BCUT2D eigenvalue weighted by Gasteiger charge is 2.31. The van der Waals surface area contributed by atoms with E-state index in [1.54, 1.807) is 24.3 Å². The molecule has 8 nitrogen and oxygen atoms in total. The number of piperazine rings is 1. The van der Waals surface area contributed by atoms with Crippen molar-refractivity contribution in [3.63, 3.8) is 0 Å². The molecule has 2 N–H and O–H groups in total. The summed E-state index contributed by atoms with van der Waals surface area (Å²) in [6.07, 6.45) is -4.42. The number of aromatic carboxylic acids is 1. The fourth-order valence-electron chi connectivity index (χ4n) is 5.11. The van der Waals surface area contributed by atoms with Crippen molar-refractivity contribution >= 4 is 34.2 Å². The van der Waals surface area contributed by atoms with Crippen molar-refractivity contribution in [1.82, 2.24) is 9.97 Å². The SMILES string of the molecule is Cc1cc([C@@H](C)Nc2ccccc2C(=O)O)c2nc(N3CCN(c4cccc(C(F)(F)F)c4)CC3)c(C#N)nc2c1. The molecule has 5 rings (SSSR count). The lowest BCUT2D eigenvalue weighted by molar-refractivity contribution is -0.137. The Balaban J connectivity index is 1.45. The molecule has 1 aliphatic rings. The van der Waals surface area contributed by atoms with Crippen LogP contribution in [-0.2, 0) is 6.18 Å². The maximum absolute atomic E-state index is 13.2. The number of fused-ring (bicyclic) bond motifs is 1. The molecule has 0 bridgehead atoms. The number of hydrogen-bond donors (Lipinski definition) is 2. The first-order valence-electron chi connectivity index (χ1n) is 13.0. The lowest BCUT2D eigenvalue weighted by Gasteiger charge is -2.37. The monoisotopic (exact) mass is 560 g/mol. The predicted octanol–water partition coefficient (Wildman–Crippen LogP) is 6.03. The van der Waals surface area contributed by atoms with E-state index in [-0.39, 0.29) is 17.3 Å². The minimum Gasteiger partial charge on any atom is -0.478 e. The molecular formula is C30H27F3N6O2. The van der Waals surface area contributed by atoms with Crippen molar-refractivity contribution < 1.29 is 23.1 Å². The summed E-state index contributed by atoms with van der Waals surface area (Å²) >= 11 is 0. The molecule has 1 fully saturated rings. The van der Waals surface area contributed by atoms with E-state index in [9.17, 15) is 28.3 Å². The Morgan fingerprint density at radius 1 is 1.02 bits per heavy atom. The van der Waals surface area contributed by atoms with Crippen LogP contribution in [0, 0.1) is 18.3 Å². The van der Waals surface area contributed by atoms with Crippen molar-refractivity contribution in [2.24, 2.45) is 0 Å². The van der Waals surface area contributed by atoms with Crippen molar-refractivity contribution in [2.45, 2.75) is 26.1 Å².